The molecule has 3 rings (SSSR count). The minimum absolute atomic E-state index is 0.158. The van der Waals surface area contributed by atoms with Crippen molar-refractivity contribution in [3.8, 4) is 0 Å². The topological polar surface area (TPSA) is 39.2 Å². The van der Waals surface area contributed by atoms with Gasteiger partial charge in [0.15, 0.2) is 0 Å². The zero-order valence-electron chi connectivity index (χ0n) is 7.65. The summed E-state index contributed by atoms with van der Waals surface area (Å²) in [6.07, 6.45) is 5.91. The third-order valence-corrected chi connectivity index (χ3v) is 3.76. The Morgan fingerprint density at radius 1 is 1.38 bits per heavy atom. The molecule has 0 amide bonds. The van der Waals surface area contributed by atoms with Gasteiger partial charge in [-0.05, 0) is 42.7 Å². The van der Waals surface area contributed by atoms with E-state index in [9.17, 15) is 0 Å². The average molecular weight is 177 g/mol. The van der Waals surface area contributed by atoms with Crippen LogP contribution in [-0.4, -0.2) is 0 Å². The zero-order chi connectivity index (χ0) is 8.84. The van der Waals surface area contributed by atoms with E-state index in [1.54, 1.807) is 6.26 Å². The highest BCUT2D eigenvalue weighted by Crippen LogP contribution is 2.61. The molecule has 2 aliphatic rings. The fourth-order valence-corrected chi connectivity index (χ4v) is 3.08. The molecule has 0 aliphatic heterocycles. The van der Waals surface area contributed by atoms with Gasteiger partial charge >= 0.3 is 0 Å². The van der Waals surface area contributed by atoms with E-state index in [4.69, 9.17) is 10.2 Å². The molecule has 0 spiro atoms. The number of fused-ring (bicyclic) bond motifs is 1. The van der Waals surface area contributed by atoms with Crippen molar-refractivity contribution in [2.24, 2.45) is 23.5 Å². The van der Waals surface area contributed by atoms with Crippen LogP contribution in [0.2, 0.25) is 0 Å². The molecule has 2 heteroatoms. The summed E-state index contributed by atoms with van der Waals surface area (Å²) < 4.78 is 5.34. The van der Waals surface area contributed by atoms with Crippen molar-refractivity contribution >= 4 is 0 Å². The molecule has 2 aliphatic carbocycles. The van der Waals surface area contributed by atoms with E-state index in [-0.39, 0.29) is 6.04 Å². The van der Waals surface area contributed by atoms with Crippen LogP contribution in [0.5, 0.6) is 0 Å². The molecule has 1 aromatic heterocycles. The first-order chi connectivity index (χ1) is 6.38. The maximum Gasteiger partial charge on any atom is 0.120 e. The summed E-state index contributed by atoms with van der Waals surface area (Å²) in [4.78, 5) is 0. The van der Waals surface area contributed by atoms with E-state index in [2.05, 4.69) is 0 Å². The monoisotopic (exact) mass is 177 g/mol. The summed E-state index contributed by atoms with van der Waals surface area (Å²) in [6.45, 7) is 0. The third-order valence-electron chi connectivity index (χ3n) is 3.76. The Morgan fingerprint density at radius 2 is 2.15 bits per heavy atom. The summed E-state index contributed by atoms with van der Waals surface area (Å²) in [7, 11) is 0. The fraction of sp³-hybridized carbons (Fsp3) is 0.636. The number of hydrogen-bond acceptors (Lipinski definition) is 2. The van der Waals surface area contributed by atoms with Gasteiger partial charge in [0.05, 0.1) is 12.3 Å². The molecule has 13 heavy (non-hydrogen) atoms. The standard InChI is InChI=1S/C11H15NO/c12-11(9-5-2-6-13-9)10-7-3-1-4-8(7)10/h2,5-8,10-11H,1,3-4,12H2. The number of rotatable bonds is 2. The van der Waals surface area contributed by atoms with Crippen LogP contribution in [0, 0.1) is 17.8 Å². The molecule has 3 unspecified atom stereocenters. The molecular formula is C11H15NO. The number of furan rings is 1. The van der Waals surface area contributed by atoms with E-state index in [1.807, 2.05) is 12.1 Å². The summed E-state index contributed by atoms with van der Waals surface area (Å²) in [5.74, 6) is 3.53. The van der Waals surface area contributed by atoms with Crippen molar-refractivity contribution in [1.82, 2.24) is 0 Å². The van der Waals surface area contributed by atoms with E-state index >= 15 is 0 Å². The highest BCUT2D eigenvalue weighted by atomic mass is 16.3. The van der Waals surface area contributed by atoms with E-state index in [0.29, 0.717) is 0 Å². The normalized spacial score (nSPS) is 38.7. The number of nitrogens with two attached hydrogens (primary N) is 1. The molecule has 3 atom stereocenters. The molecular weight excluding hydrogens is 162 g/mol. The van der Waals surface area contributed by atoms with Gasteiger partial charge in [-0.25, -0.2) is 0 Å². The van der Waals surface area contributed by atoms with Crippen molar-refractivity contribution in [3.05, 3.63) is 24.2 Å². The minimum Gasteiger partial charge on any atom is -0.468 e. The van der Waals surface area contributed by atoms with Gasteiger partial charge in [-0.1, -0.05) is 6.42 Å². The van der Waals surface area contributed by atoms with Crippen LogP contribution in [0.25, 0.3) is 0 Å². The molecule has 70 valence electrons. The Bertz CT molecular complexity index is 283. The van der Waals surface area contributed by atoms with Gasteiger partial charge in [0.2, 0.25) is 0 Å². The quantitative estimate of drug-likeness (QED) is 0.753. The molecule has 2 fully saturated rings. The van der Waals surface area contributed by atoms with Crippen LogP contribution in [-0.2, 0) is 0 Å². The zero-order valence-corrected chi connectivity index (χ0v) is 7.65. The maximum atomic E-state index is 6.14. The first-order valence-electron chi connectivity index (χ1n) is 5.17. The summed E-state index contributed by atoms with van der Waals surface area (Å²) in [5.41, 5.74) is 6.14. The first-order valence-corrected chi connectivity index (χ1v) is 5.17. The summed E-state index contributed by atoms with van der Waals surface area (Å²) in [5, 5.41) is 0. The lowest BCUT2D eigenvalue weighted by Gasteiger charge is -2.10. The molecule has 0 aromatic carbocycles. The first kappa shape index (κ1) is 7.63. The summed E-state index contributed by atoms with van der Waals surface area (Å²) in [6, 6.07) is 4.08. The van der Waals surface area contributed by atoms with Gasteiger partial charge in [0.25, 0.3) is 0 Å². The predicted molar refractivity (Wildman–Crippen MR) is 50.0 cm³/mol. The van der Waals surface area contributed by atoms with Crippen LogP contribution < -0.4 is 5.73 Å². The molecule has 1 aromatic rings. The lowest BCUT2D eigenvalue weighted by molar-refractivity contribution is 0.406. The van der Waals surface area contributed by atoms with Gasteiger partial charge in [0.1, 0.15) is 5.76 Å². The highest BCUT2D eigenvalue weighted by molar-refractivity contribution is 5.14. The minimum atomic E-state index is 0.158. The van der Waals surface area contributed by atoms with Crippen LogP contribution in [0.15, 0.2) is 22.8 Å². The second kappa shape index (κ2) is 2.61. The number of hydrogen-bond donors (Lipinski definition) is 1. The lowest BCUT2D eigenvalue weighted by atomic mass is 10.0. The molecule has 0 saturated heterocycles. The Morgan fingerprint density at radius 3 is 2.77 bits per heavy atom. The second-order valence-corrected chi connectivity index (χ2v) is 4.38. The van der Waals surface area contributed by atoms with Gasteiger partial charge in [0, 0.05) is 0 Å². The van der Waals surface area contributed by atoms with Crippen molar-refractivity contribution in [3.63, 3.8) is 0 Å². The molecule has 2 saturated carbocycles. The third kappa shape index (κ3) is 1.05. The molecule has 0 radical (unpaired) electrons. The predicted octanol–water partition coefficient (Wildman–Crippen LogP) is 2.33. The molecule has 2 nitrogen and oxygen atoms in total. The van der Waals surface area contributed by atoms with Gasteiger partial charge in [-0.3, -0.25) is 0 Å². The smallest absolute Gasteiger partial charge is 0.120 e. The van der Waals surface area contributed by atoms with Gasteiger partial charge in [-0.15, -0.1) is 0 Å². The van der Waals surface area contributed by atoms with Crippen molar-refractivity contribution in [1.29, 1.82) is 0 Å². The SMILES string of the molecule is NC(c1ccco1)C1C2CCCC21. The van der Waals surface area contributed by atoms with E-state index < -0.39 is 0 Å². The van der Waals surface area contributed by atoms with Crippen LogP contribution in [0.1, 0.15) is 31.1 Å². The van der Waals surface area contributed by atoms with Crippen LogP contribution in [0.4, 0.5) is 0 Å². The van der Waals surface area contributed by atoms with Gasteiger partial charge in [-0.2, -0.15) is 0 Å². The van der Waals surface area contributed by atoms with Crippen molar-refractivity contribution in [2.45, 2.75) is 25.3 Å². The van der Waals surface area contributed by atoms with E-state index in [0.717, 1.165) is 23.5 Å². The molecule has 2 N–H and O–H groups in total. The van der Waals surface area contributed by atoms with Crippen LogP contribution in [0.3, 0.4) is 0 Å². The summed E-state index contributed by atoms with van der Waals surface area (Å²) >= 11 is 0. The molecule has 1 heterocycles. The maximum absolute atomic E-state index is 6.14. The lowest BCUT2D eigenvalue weighted by Crippen LogP contribution is -2.14. The Balaban J connectivity index is 1.74. The Labute approximate surface area is 78.1 Å². The molecule has 0 bridgehead atoms. The fourth-order valence-electron chi connectivity index (χ4n) is 3.08. The van der Waals surface area contributed by atoms with Gasteiger partial charge < -0.3 is 10.2 Å². The average Bonchev–Trinajstić information content (AvgIpc) is 2.68. The van der Waals surface area contributed by atoms with Crippen LogP contribution >= 0.6 is 0 Å². The van der Waals surface area contributed by atoms with Crippen molar-refractivity contribution < 1.29 is 4.42 Å². The Kier molecular flexibility index (Phi) is 1.53. The van der Waals surface area contributed by atoms with E-state index in [1.165, 1.54) is 19.3 Å². The van der Waals surface area contributed by atoms with Crippen molar-refractivity contribution in [2.75, 3.05) is 0 Å². The Hall–Kier alpha value is -0.760. The largest absolute Gasteiger partial charge is 0.468 e. The highest BCUT2D eigenvalue weighted by Gasteiger charge is 2.55. The second-order valence-electron chi connectivity index (χ2n) is 4.38.